The van der Waals surface area contributed by atoms with Gasteiger partial charge in [-0.3, -0.25) is 14.5 Å². The van der Waals surface area contributed by atoms with Crippen LogP contribution in [-0.2, 0) is 17.9 Å². The molecule has 0 aliphatic heterocycles. The average molecular weight is 399 g/mol. The third-order valence-electron chi connectivity index (χ3n) is 3.50. The molecule has 0 aliphatic carbocycles. The van der Waals surface area contributed by atoms with Crippen LogP contribution >= 0.6 is 46.5 Å². The van der Waals surface area contributed by atoms with Gasteiger partial charge in [-0.05, 0) is 35.8 Å². The van der Waals surface area contributed by atoms with Crippen molar-refractivity contribution in [2.45, 2.75) is 19.5 Å². The lowest BCUT2D eigenvalue weighted by molar-refractivity contribution is -0.130. The number of H-pyrrole nitrogens is 1. The van der Waals surface area contributed by atoms with E-state index in [1.807, 2.05) is 34.2 Å². The molecular formula is C15H15ClN4OS3. The highest BCUT2D eigenvalue weighted by Gasteiger charge is 2.14. The third kappa shape index (κ3) is 3.94. The number of rotatable bonds is 6. The van der Waals surface area contributed by atoms with Crippen molar-refractivity contribution in [1.29, 1.82) is 0 Å². The van der Waals surface area contributed by atoms with E-state index in [9.17, 15) is 4.79 Å². The summed E-state index contributed by atoms with van der Waals surface area (Å²) in [7, 11) is 1.80. The van der Waals surface area contributed by atoms with Crippen LogP contribution in [0.5, 0.6) is 0 Å². The van der Waals surface area contributed by atoms with Crippen LogP contribution in [0.3, 0.4) is 0 Å². The minimum absolute atomic E-state index is 0.0553. The van der Waals surface area contributed by atoms with Gasteiger partial charge in [-0.1, -0.05) is 17.7 Å². The molecule has 0 fully saturated rings. The number of thiophene rings is 2. The van der Waals surface area contributed by atoms with Gasteiger partial charge in [0.25, 0.3) is 0 Å². The summed E-state index contributed by atoms with van der Waals surface area (Å²) in [5.41, 5.74) is 0. The van der Waals surface area contributed by atoms with Crippen molar-refractivity contribution in [3.05, 3.63) is 43.6 Å². The first kappa shape index (κ1) is 17.3. The Morgan fingerprint density at radius 1 is 1.46 bits per heavy atom. The summed E-state index contributed by atoms with van der Waals surface area (Å²) in [4.78, 5) is 16.2. The number of aromatic amines is 1. The number of carbonyl (C=O) groups excluding carboxylic acids is 1. The van der Waals surface area contributed by atoms with E-state index in [-0.39, 0.29) is 5.91 Å². The first-order valence-corrected chi connectivity index (χ1v) is 9.70. The van der Waals surface area contributed by atoms with Gasteiger partial charge in [0.15, 0.2) is 10.6 Å². The van der Waals surface area contributed by atoms with Crippen molar-refractivity contribution in [3.63, 3.8) is 0 Å². The maximum Gasteiger partial charge on any atom is 0.224 e. The van der Waals surface area contributed by atoms with Gasteiger partial charge in [-0.15, -0.1) is 22.7 Å². The average Bonchev–Trinajstić information content (AvgIpc) is 3.27. The second kappa shape index (κ2) is 7.60. The van der Waals surface area contributed by atoms with Crippen LogP contribution < -0.4 is 0 Å². The predicted octanol–water partition coefficient (Wildman–Crippen LogP) is 4.43. The van der Waals surface area contributed by atoms with E-state index >= 15 is 0 Å². The molecule has 0 unspecified atom stereocenters. The summed E-state index contributed by atoms with van der Waals surface area (Å²) in [6, 6.07) is 7.74. The quantitative estimate of drug-likeness (QED) is 0.625. The second-order valence-electron chi connectivity index (χ2n) is 5.19. The van der Waals surface area contributed by atoms with Gasteiger partial charge in [0.2, 0.25) is 5.91 Å². The monoisotopic (exact) mass is 398 g/mol. The van der Waals surface area contributed by atoms with Gasteiger partial charge >= 0.3 is 0 Å². The van der Waals surface area contributed by atoms with Crippen LogP contribution in [0.4, 0.5) is 0 Å². The van der Waals surface area contributed by atoms with E-state index in [2.05, 4.69) is 10.2 Å². The molecule has 3 heterocycles. The minimum atomic E-state index is 0.0553. The lowest BCUT2D eigenvalue weighted by atomic mass is 10.3. The van der Waals surface area contributed by atoms with Crippen LogP contribution in [0.1, 0.15) is 11.3 Å². The Kier molecular flexibility index (Phi) is 5.50. The van der Waals surface area contributed by atoms with Crippen molar-refractivity contribution < 1.29 is 4.79 Å². The fourth-order valence-electron chi connectivity index (χ4n) is 2.28. The number of aromatic nitrogens is 3. The van der Waals surface area contributed by atoms with Crippen LogP contribution in [0, 0.1) is 4.77 Å². The zero-order valence-corrected chi connectivity index (χ0v) is 16.1. The number of hydrogen-bond acceptors (Lipinski definition) is 5. The first-order valence-electron chi connectivity index (χ1n) is 7.22. The largest absolute Gasteiger partial charge is 0.341 e. The topological polar surface area (TPSA) is 53.9 Å². The fraction of sp³-hybridized carbons (Fsp3) is 0.267. The molecular weight excluding hydrogens is 384 g/mol. The van der Waals surface area contributed by atoms with Gasteiger partial charge < -0.3 is 4.90 Å². The molecule has 3 aromatic heterocycles. The zero-order valence-electron chi connectivity index (χ0n) is 12.9. The molecule has 126 valence electrons. The van der Waals surface area contributed by atoms with Crippen LogP contribution in [0.25, 0.3) is 10.7 Å². The molecule has 1 N–H and O–H groups in total. The molecule has 0 saturated carbocycles. The summed E-state index contributed by atoms with van der Waals surface area (Å²) in [5.74, 6) is 0.829. The number of halogens is 1. The van der Waals surface area contributed by atoms with Gasteiger partial charge in [-0.25, -0.2) is 0 Å². The summed E-state index contributed by atoms with van der Waals surface area (Å²) in [6.07, 6.45) is 0.363. The van der Waals surface area contributed by atoms with Crippen molar-refractivity contribution >= 4 is 52.4 Å². The van der Waals surface area contributed by atoms with E-state index < -0.39 is 0 Å². The Morgan fingerprint density at radius 2 is 2.29 bits per heavy atom. The number of nitrogens with zero attached hydrogens (tertiary/aromatic N) is 3. The molecule has 0 bridgehead atoms. The number of hydrogen-bond donors (Lipinski definition) is 1. The van der Waals surface area contributed by atoms with Gasteiger partial charge in [-0.2, -0.15) is 5.10 Å². The standard InChI is InChI=1S/C15H15ClN4OS3/c1-19(9-10-4-5-12(16)24-10)13(21)6-7-20-14(17-18-15(20)22)11-3-2-8-23-11/h2-5,8H,6-7,9H2,1H3,(H,18,22). The highest BCUT2D eigenvalue weighted by atomic mass is 35.5. The molecule has 5 nitrogen and oxygen atoms in total. The van der Waals surface area contributed by atoms with E-state index in [0.29, 0.717) is 24.3 Å². The number of carbonyl (C=O) groups is 1. The number of amides is 1. The lowest BCUT2D eigenvalue weighted by Gasteiger charge is -2.16. The maximum atomic E-state index is 12.4. The molecule has 0 spiro atoms. The Balaban J connectivity index is 1.64. The van der Waals surface area contributed by atoms with Crippen molar-refractivity contribution in [2.75, 3.05) is 7.05 Å². The molecule has 0 radical (unpaired) electrons. The Morgan fingerprint density at radius 3 is 2.96 bits per heavy atom. The van der Waals surface area contributed by atoms with Gasteiger partial charge in [0.1, 0.15) is 0 Å². The molecule has 0 aliphatic rings. The number of nitrogens with one attached hydrogen (secondary N) is 1. The lowest BCUT2D eigenvalue weighted by Crippen LogP contribution is -2.26. The Hall–Kier alpha value is -1.48. The predicted molar refractivity (Wildman–Crippen MR) is 101 cm³/mol. The molecule has 24 heavy (non-hydrogen) atoms. The zero-order chi connectivity index (χ0) is 17.1. The molecule has 0 saturated heterocycles. The van der Waals surface area contributed by atoms with Crippen LogP contribution in [0.15, 0.2) is 29.6 Å². The maximum absolute atomic E-state index is 12.4. The van der Waals surface area contributed by atoms with Crippen molar-refractivity contribution in [2.24, 2.45) is 0 Å². The van der Waals surface area contributed by atoms with E-state index in [1.165, 1.54) is 11.3 Å². The molecule has 3 rings (SSSR count). The first-order chi connectivity index (χ1) is 11.5. The smallest absolute Gasteiger partial charge is 0.224 e. The molecule has 3 aromatic rings. The normalized spacial score (nSPS) is 10.9. The highest BCUT2D eigenvalue weighted by Crippen LogP contribution is 2.24. The summed E-state index contributed by atoms with van der Waals surface area (Å²) >= 11 is 14.3. The summed E-state index contributed by atoms with van der Waals surface area (Å²) < 4.78 is 3.13. The van der Waals surface area contributed by atoms with Crippen LogP contribution in [0.2, 0.25) is 4.34 Å². The second-order valence-corrected chi connectivity index (χ2v) is 8.32. The SMILES string of the molecule is CN(Cc1ccc(Cl)s1)C(=O)CCn1c(-c2cccs2)n[nH]c1=S. The molecule has 9 heteroatoms. The van der Waals surface area contributed by atoms with Gasteiger partial charge in [0.05, 0.1) is 15.8 Å². The van der Waals surface area contributed by atoms with Crippen molar-refractivity contribution in [3.8, 4) is 10.7 Å². The molecule has 0 atom stereocenters. The van der Waals surface area contributed by atoms with E-state index in [0.717, 1.165) is 19.9 Å². The van der Waals surface area contributed by atoms with Gasteiger partial charge in [0, 0.05) is 24.9 Å². The third-order valence-corrected chi connectivity index (χ3v) is 5.89. The summed E-state index contributed by atoms with van der Waals surface area (Å²) in [5, 5.41) is 9.06. The van der Waals surface area contributed by atoms with E-state index in [4.69, 9.17) is 23.8 Å². The Labute approximate surface area is 157 Å². The van der Waals surface area contributed by atoms with Crippen molar-refractivity contribution in [1.82, 2.24) is 19.7 Å². The molecule has 1 amide bonds. The van der Waals surface area contributed by atoms with E-state index in [1.54, 1.807) is 23.3 Å². The van der Waals surface area contributed by atoms with Crippen LogP contribution in [-0.4, -0.2) is 32.6 Å². The fourth-order valence-corrected chi connectivity index (χ4v) is 4.36. The molecule has 0 aromatic carbocycles. The highest BCUT2D eigenvalue weighted by molar-refractivity contribution is 7.71. The Bertz CT molecular complexity index is 881. The summed E-state index contributed by atoms with van der Waals surface area (Å²) in [6.45, 7) is 1.06. The minimum Gasteiger partial charge on any atom is -0.341 e.